The Labute approximate surface area is 195 Å². The zero-order chi connectivity index (χ0) is 23.6. The molecule has 0 unspecified atom stereocenters. The van der Waals surface area contributed by atoms with E-state index in [1.165, 1.54) is 44.6 Å². The van der Waals surface area contributed by atoms with Gasteiger partial charge in [0.05, 0.1) is 42.5 Å². The molecule has 4 aromatic rings. The molecule has 1 N–H and O–H groups in total. The molecule has 170 valence electrons. The van der Waals surface area contributed by atoms with Crippen LogP contribution in [0.5, 0.6) is 11.5 Å². The minimum Gasteiger partial charge on any atom is -0.496 e. The number of halogens is 2. The third kappa shape index (κ3) is 4.50. The van der Waals surface area contributed by atoms with E-state index >= 15 is 0 Å². The number of benzene rings is 3. The Morgan fingerprint density at radius 1 is 0.970 bits per heavy atom. The molecule has 3 aromatic carbocycles. The molecule has 4 rings (SSSR count). The van der Waals surface area contributed by atoms with Crippen LogP contribution < -0.4 is 14.2 Å². The molecular formula is C23H19ClFN3O4S. The molecule has 0 amide bonds. The predicted octanol–water partition coefficient (Wildman–Crippen LogP) is 5.15. The van der Waals surface area contributed by atoms with E-state index in [4.69, 9.17) is 21.1 Å². The van der Waals surface area contributed by atoms with Gasteiger partial charge in [0.25, 0.3) is 10.0 Å². The molecule has 0 aliphatic heterocycles. The van der Waals surface area contributed by atoms with Crippen molar-refractivity contribution in [2.75, 3.05) is 18.9 Å². The van der Waals surface area contributed by atoms with Gasteiger partial charge in [-0.15, -0.1) is 0 Å². The fraction of sp³-hybridized carbons (Fsp3) is 0.0870. The first-order chi connectivity index (χ1) is 15.8. The number of methoxy groups -OCH3 is 2. The van der Waals surface area contributed by atoms with Gasteiger partial charge < -0.3 is 9.47 Å². The first-order valence-corrected chi connectivity index (χ1v) is 11.5. The van der Waals surface area contributed by atoms with Crippen LogP contribution in [0.3, 0.4) is 0 Å². The van der Waals surface area contributed by atoms with E-state index in [-0.39, 0.29) is 16.3 Å². The summed E-state index contributed by atoms with van der Waals surface area (Å²) in [7, 11) is -1.33. The van der Waals surface area contributed by atoms with Gasteiger partial charge in [0.15, 0.2) is 0 Å². The molecule has 1 heterocycles. The van der Waals surface area contributed by atoms with E-state index in [1.54, 1.807) is 35.1 Å². The van der Waals surface area contributed by atoms with Crippen molar-refractivity contribution in [3.63, 3.8) is 0 Å². The van der Waals surface area contributed by atoms with Gasteiger partial charge in [-0.3, -0.25) is 4.72 Å². The second-order valence-corrected chi connectivity index (χ2v) is 8.96. The molecule has 0 saturated carbocycles. The van der Waals surface area contributed by atoms with Crippen molar-refractivity contribution in [2.45, 2.75) is 4.90 Å². The molecule has 10 heteroatoms. The molecule has 0 fully saturated rings. The summed E-state index contributed by atoms with van der Waals surface area (Å²) in [6.45, 7) is 0. The molecule has 0 saturated heterocycles. The van der Waals surface area contributed by atoms with Crippen LogP contribution in [0.1, 0.15) is 0 Å². The van der Waals surface area contributed by atoms with Gasteiger partial charge in [0, 0.05) is 11.6 Å². The second kappa shape index (κ2) is 9.13. The summed E-state index contributed by atoms with van der Waals surface area (Å²) in [6, 6.07) is 16.9. The first kappa shape index (κ1) is 22.6. The number of nitrogens with one attached hydrogen (secondary N) is 1. The summed E-state index contributed by atoms with van der Waals surface area (Å²) in [5.41, 5.74) is 1.68. The number of hydrogen-bond donors (Lipinski definition) is 1. The van der Waals surface area contributed by atoms with Gasteiger partial charge in [-0.2, -0.15) is 5.10 Å². The van der Waals surface area contributed by atoms with Gasteiger partial charge in [0.1, 0.15) is 22.2 Å². The highest BCUT2D eigenvalue weighted by Crippen LogP contribution is 2.39. The van der Waals surface area contributed by atoms with Crippen LogP contribution in [0.25, 0.3) is 16.9 Å². The lowest BCUT2D eigenvalue weighted by Crippen LogP contribution is -2.15. The molecule has 0 aliphatic carbocycles. The van der Waals surface area contributed by atoms with Crippen LogP contribution in [0.4, 0.5) is 10.1 Å². The van der Waals surface area contributed by atoms with Gasteiger partial charge in [0.2, 0.25) is 0 Å². The van der Waals surface area contributed by atoms with Crippen LogP contribution >= 0.6 is 11.6 Å². The first-order valence-electron chi connectivity index (χ1n) is 9.68. The number of anilines is 1. The van der Waals surface area contributed by atoms with Crippen molar-refractivity contribution in [1.82, 2.24) is 9.78 Å². The maximum absolute atomic E-state index is 13.6. The van der Waals surface area contributed by atoms with Crippen molar-refractivity contribution in [3.8, 4) is 28.4 Å². The summed E-state index contributed by atoms with van der Waals surface area (Å²) in [6.07, 6.45) is 1.57. The van der Waals surface area contributed by atoms with Crippen molar-refractivity contribution in [1.29, 1.82) is 0 Å². The van der Waals surface area contributed by atoms with E-state index in [0.717, 1.165) is 6.07 Å². The highest BCUT2D eigenvalue weighted by Gasteiger charge is 2.25. The van der Waals surface area contributed by atoms with Crippen LogP contribution in [0.2, 0.25) is 5.02 Å². The Balaban J connectivity index is 1.88. The third-order valence-electron chi connectivity index (χ3n) is 4.85. The standard InChI is InChI=1S/C23H19ClFN3O4S/c1-31-21-14-22(32-2)23(33(29,30)27-16-7-5-6-15(25)12-16)13-17(21)19-10-11-26-28(19)20-9-4-3-8-18(20)24/h3-14,27H,1-2H3. The summed E-state index contributed by atoms with van der Waals surface area (Å²) in [5.74, 6) is -0.144. The molecule has 0 atom stereocenters. The number of sulfonamides is 1. The molecule has 0 bridgehead atoms. The van der Waals surface area contributed by atoms with E-state index < -0.39 is 15.8 Å². The van der Waals surface area contributed by atoms with E-state index in [1.807, 2.05) is 6.07 Å². The maximum Gasteiger partial charge on any atom is 0.265 e. The molecule has 0 aliphatic rings. The number of ether oxygens (including phenoxy) is 2. The lowest BCUT2D eigenvalue weighted by molar-refractivity contribution is 0.387. The predicted molar refractivity (Wildman–Crippen MR) is 124 cm³/mol. The average molecular weight is 488 g/mol. The fourth-order valence-electron chi connectivity index (χ4n) is 3.36. The second-order valence-electron chi connectivity index (χ2n) is 6.90. The lowest BCUT2D eigenvalue weighted by Gasteiger charge is -2.17. The normalized spacial score (nSPS) is 11.3. The van der Waals surface area contributed by atoms with Crippen LogP contribution in [0.15, 0.2) is 77.8 Å². The Hall–Kier alpha value is -3.56. The molecule has 7 nitrogen and oxygen atoms in total. The van der Waals surface area contributed by atoms with Gasteiger partial charge in [-0.05, 0) is 42.5 Å². The van der Waals surface area contributed by atoms with Gasteiger partial charge in [-0.25, -0.2) is 17.5 Å². The lowest BCUT2D eigenvalue weighted by atomic mass is 10.1. The third-order valence-corrected chi connectivity index (χ3v) is 6.57. The molecule has 0 radical (unpaired) electrons. The van der Waals surface area contributed by atoms with Crippen molar-refractivity contribution < 1.29 is 22.3 Å². The van der Waals surface area contributed by atoms with Gasteiger partial charge in [-0.1, -0.05) is 29.8 Å². The zero-order valence-electron chi connectivity index (χ0n) is 17.6. The number of aromatic nitrogens is 2. The summed E-state index contributed by atoms with van der Waals surface area (Å²) < 4.78 is 54.8. The van der Waals surface area contributed by atoms with Crippen LogP contribution in [0, 0.1) is 5.82 Å². The van der Waals surface area contributed by atoms with Crippen molar-refractivity contribution >= 4 is 27.3 Å². The summed E-state index contributed by atoms with van der Waals surface area (Å²) in [4.78, 5) is -0.156. The summed E-state index contributed by atoms with van der Waals surface area (Å²) >= 11 is 6.35. The quantitative estimate of drug-likeness (QED) is 0.390. The van der Waals surface area contributed by atoms with Crippen molar-refractivity contribution in [2.24, 2.45) is 0 Å². The topological polar surface area (TPSA) is 82.4 Å². The average Bonchev–Trinajstić information content (AvgIpc) is 3.27. The highest BCUT2D eigenvalue weighted by atomic mass is 35.5. The zero-order valence-corrected chi connectivity index (χ0v) is 19.2. The van der Waals surface area contributed by atoms with E-state index in [9.17, 15) is 12.8 Å². The van der Waals surface area contributed by atoms with Crippen LogP contribution in [-0.4, -0.2) is 32.4 Å². The van der Waals surface area contributed by atoms with E-state index in [0.29, 0.717) is 27.7 Å². The SMILES string of the molecule is COc1cc(OC)c(S(=O)(=O)Nc2cccc(F)c2)cc1-c1ccnn1-c1ccccc1Cl. The fourth-order valence-corrected chi connectivity index (χ4v) is 4.81. The minimum atomic E-state index is -4.15. The van der Waals surface area contributed by atoms with Crippen molar-refractivity contribution in [3.05, 3.63) is 83.8 Å². The summed E-state index contributed by atoms with van der Waals surface area (Å²) in [5, 5.41) is 4.82. The molecular weight excluding hydrogens is 469 g/mol. The Morgan fingerprint density at radius 3 is 2.42 bits per heavy atom. The smallest absolute Gasteiger partial charge is 0.265 e. The molecule has 33 heavy (non-hydrogen) atoms. The van der Waals surface area contributed by atoms with Gasteiger partial charge >= 0.3 is 0 Å². The van der Waals surface area contributed by atoms with Crippen LogP contribution in [-0.2, 0) is 10.0 Å². The Kier molecular flexibility index (Phi) is 6.26. The number of para-hydroxylation sites is 1. The Morgan fingerprint density at radius 2 is 1.73 bits per heavy atom. The number of hydrogen-bond acceptors (Lipinski definition) is 5. The molecule has 0 spiro atoms. The Bertz CT molecular complexity index is 1420. The number of nitrogens with zero attached hydrogens (tertiary/aromatic N) is 2. The largest absolute Gasteiger partial charge is 0.496 e. The van der Waals surface area contributed by atoms with E-state index in [2.05, 4.69) is 9.82 Å². The molecule has 1 aromatic heterocycles. The highest BCUT2D eigenvalue weighted by molar-refractivity contribution is 7.92. The minimum absolute atomic E-state index is 0.0586. The maximum atomic E-state index is 13.6. The monoisotopic (exact) mass is 487 g/mol. The number of rotatable bonds is 7.